The van der Waals surface area contributed by atoms with Crippen LogP contribution in [0.15, 0.2) is 30.1 Å². The lowest BCUT2D eigenvalue weighted by Gasteiger charge is -2.07. The molecule has 0 aliphatic carbocycles. The highest BCUT2D eigenvalue weighted by Crippen LogP contribution is 2.04. The fourth-order valence-corrected chi connectivity index (χ4v) is 1.24. The summed E-state index contributed by atoms with van der Waals surface area (Å²) in [6.45, 7) is 6.46. The molecule has 1 amide bonds. The lowest BCUT2D eigenvalue weighted by Crippen LogP contribution is -2.28. The number of nitriles is 1. The fourth-order valence-electron chi connectivity index (χ4n) is 1.24. The van der Waals surface area contributed by atoms with E-state index in [4.69, 9.17) is 5.26 Å². The number of nitrogens with zero attached hydrogens (tertiary/aromatic N) is 2. The van der Waals surface area contributed by atoms with Crippen molar-refractivity contribution in [2.75, 3.05) is 11.9 Å². The lowest BCUT2D eigenvalue weighted by molar-refractivity contribution is -0.117. The highest BCUT2D eigenvalue weighted by Gasteiger charge is 2.08. The molecule has 0 fully saturated rings. The number of carbonyl (C=O) groups excluding carboxylic acids is 1. The maximum atomic E-state index is 11.7. The van der Waals surface area contributed by atoms with Crippen LogP contribution in [0.25, 0.3) is 0 Å². The maximum Gasteiger partial charge on any atom is 0.263 e. The smallest absolute Gasteiger partial charge is 0.263 e. The minimum absolute atomic E-state index is 0.0306. The summed E-state index contributed by atoms with van der Waals surface area (Å²) in [5.74, 6) is 0.557. The van der Waals surface area contributed by atoms with Gasteiger partial charge in [0.05, 0.1) is 0 Å². The average Bonchev–Trinajstić information content (AvgIpc) is 2.39. The molecule has 1 heterocycles. The summed E-state index contributed by atoms with van der Waals surface area (Å²) in [4.78, 5) is 15.8. The van der Waals surface area contributed by atoms with Crippen molar-refractivity contribution in [2.45, 2.75) is 20.8 Å². The van der Waals surface area contributed by atoms with Crippen molar-refractivity contribution in [3.05, 3.63) is 35.7 Å². The van der Waals surface area contributed by atoms with Gasteiger partial charge in [0.2, 0.25) is 0 Å². The van der Waals surface area contributed by atoms with E-state index >= 15 is 0 Å². The van der Waals surface area contributed by atoms with Crippen LogP contribution in [0.1, 0.15) is 19.4 Å². The van der Waals surface area contributed by atoms with E-state index < -0.39 is 0 Å². The third-order valence-electron chi connectivity index (χ3n) is 2.31. The Kier molecular flexibility index (Phi) is 5.55. The Bertz CT molecular complexity index is 497. The predicted octanol–water partition coefficient (Wildman–Crippen LogP) is 1.98. The predicted molar refractivity (Wildman–Crippen MR) is 74.1 cm³/mol. The zero-order valence-corrected chi connectivity index (χ0v) is 11.4. The van der Waals surface area contributed by atoms with Crippen LogP contribution in [0.2, 0.25) is 0 Å². The molecule has 1 aromatic rings. The van der Waals surface area contributed by atoms with Crippen molar-refractivity contribution in [2.24, 2.45) is 5.92 Å². The molecule has 0 aliphatic heterocycles. The summed E-state index contributed by atoms with van der Waals surface area (Å²) in [6, 6.07) is 5.55. The van der Waals surface area contributed by atoms with Gasteiger partial charge in [-0.2, -0.15) is 5.26 Å². The Balaban J connectivity index is 2.64. The minimum atomic E-state index is -0.379. The molecular weight excluding hydrogens is 240 g/mol. The van der Waals surface area contributed by atoms with E-state index in [0.29, 0.717) is 18.3 Å². The third kappa shape index (κ3) is 5.21. The highest BCUT2D eigenvalue weighted by molar-refractivity contribution is 5.97. The van der Waals surface area contributed by atoms with Gasteiger partial charge in [-0.05, 0) is 24.5 Å². The second-order valence-corrected chi connectivity index (χ2v) is 4.64. The molecule has 5 nitrogen and oxygen atoms in total. The van der Waals surface area contributed by atoms with Crippen molar-refractivity contribution in [3.63, 3.8) is 0 Å². The van der Waals surface area contributed by atoms with Crippen molar-refractivity contribution < 1.29 is 4.79 Å². The van der Waals surface area contributed by atoms with Gasteiger partial charge in [-0.3, -0.25) is 4.79 Å². The molecule has 19 heavy (non-hydrogen) atoms. The topological polar surface area (TPSA) is 77.8 Å². The van der Waals surface area contributed by atoms with Gasteiger partial charge in [0.25, 0.3) is 5.91 Å². The van der Waals surface area contributed by atoms with Gasteiger partial charge in [0.1, 0.15) is 17.5 Å². The van der Waals surface area contributed by atoms with E-state index in [1.54, 1.807) is 12.3 Å². The zero-order valence-electron chi connectivity index (χ0n) is 11.4. The monoisotopic (exact) mass is 258 g/mol. The van der Waals surface area contributed by atoms with Crippen LogP contribution in [-0.4, -0.2) is 17.4 Å². The molecule has 0 saturated carbocycles. The Morgan fingerprint density at radius 2 is 2.26 bits per heavy atom. The standard InChI is InChI=1S/C14H18N4O/c1-10(2)7-18-14(19)12(6-15)9-17-13-5-4-11(3)8-16-13/h4-5,8-10H,7H2,1-3H3,(H,16,17)(H,18,19)/b12-9-. The number of aryl methyl sites for hydroxylation is 1. The van der Waals surface area contributed by atoms with Crippen LogP contribution in [0.4, 0.5) is 5.82 Å². The summed E-state index contributed by atoms with van der Waals surface area (Å²) in [5, 5.41) is 14.5. The van der Waals surface area contributed by atoms with Gasteiger partial charge in [-0.25, -0.2) is 4.98 Å². The van der Waals surface area contributed by atoms with Crippen LogP contribution >= 0.6 is 0 Å². The first-order valence-electron chi connectivity index (χ1n) is 6.10. The second-order valence-electron chi connectivity index (χ2n) is 4.64. The summed E-state index contributed by atoms with van der Waals surface area (Å²) in [6.07, 6.45) is 3.08. The molecule has 1 aromatic heterocycles. The van der Waals surface area contributed by atoms with Crippen LogP contribution in [0.3, 0.4) is 0 Å². The SMILES string of the molecule is Cc1ccc(N/C=C(/C#N)C(=O)NCC(C)C)nc1. The van der Waals surface area contributed by atoms with Crippen molar-refractivity contribution in [1.82, 2.24) is 10.3 Å². The summed E-state index contributed by atoms with van der Waals surface area (Å²) >= 11 is 0. The van der Waals surface area contributed by atoms with Gasteiger partial charge < -0.3 is 10.6 Å². The number of amides is 1. The van der Waals surface area contributed by atoms with Crippen LogP contribution in [0, 0.1) is 24.2 Å². The minimum Gasteiger partial charge on any atom is -0.351 e. The quantitative estimate of drug-likeness (QED) is 0.625. The van der Waals surface area contributed by atoms with E-state index in [2.05, 4.69) is 15.6 Å². The molecule has 0 spiro atoms. The van der Waals surface area contributed by atoms with E-state index in [0.717, 1.165) is 5.56 Å². The number of hydrogen-bond acceptors (Lipinski definition) is 4. The van der Waals surface area contributed by atoms with Crippen molar-refractivity contribution in [3.8, 4) is 6.07 Å². The molecule has 0 saturated heterocycles. The van der Waals surface area contributed by atoms with Crippen LogP contribution in [0.5, 0.6) is 0 Å². The van der Waals surface area contributed by atoms with Crippen molar-refractivity contribution >= 4 is 11.7 Å². The van der Waals surface area contributed by atoms with Gasteiger partial charge in [-0.1, -0.05) is 19.9 Å². The molecule has 5 heteroatoms. The fraction of sp³-hybridized carbons (Fsp3) is 0.357. The summed E-state index contributed by atoms with van der Waals surface area (Å²) in [7, 11) is 0. The van der Waals surface area contributed by atoms with Gasteiger partial charge >= 0.3 is 0 Å². The zero-order chi connectivity index (χ0) is 14.3. The number of carbonyl (C=O) groups is 1. The van der Waals surface area contributed by atoms with Crippen LogP contribution in [-0.2, 0) is 4.79 Å². The van der Waals surface area contributed by atoms with Gasteiger partial charge in [0.15, 0.2) is 0 Å². The average molecular weight is 258 g/mol. The molecule has 0 aromatic carbocycles. The summed E-state index contributed by atoms with van der Waals surface area (Å²) < 4.78 is 0. The largest absolute Gasteiger partial charge is 0.351 e. The number of rotatable bonds is 5. The molecular formula is C14H18N4O. The second kappa shape index (κ2) is 7.17. The van der Waals surface area contributed by atoms with Gasteiger partial charge in [-0.15, -0.1) is 0 Å². The lowest BCUT2D eigenvalue weighted by atomic mass is 10.2. The number of nitrogens with one attached hydrogen (secondary N) is 2. The van der Waals surface area contributed by atoms with E-state index in [9.17, 15) is 4.79 Å². The number of pyridine rings is 1. The molecule has 100 valence electrons. The van der Waals surface area contributed by atoms with E-state index in [1.165, 1.54) is 6.20 Å². The molecule has 0 aliphatic rings. The molecule has 0 atom stereocenters. The molecule has 1 rings (SSSR count). The molecule has 0 radical (unpaired) electrons. The highest BCUT2D eigenvalue weighted by atomic mass is 16.1. The molecule has 2 N–H and O–H groups in total. The van der Waals surface area contributed by atoms with Crippen LogP contribution < -0.4 is 10.6 Å². The van der Waals surface area contributed by atoms with E-state index in [-0.39, 0.29) is 11.5 Å². The Labute approximate surface area is 113 Å². The Morgan fingerprint density at radius 3 is 2.79 bits per heavy atom. The third-order valence-corrected chi connectivity index (χ3v) is 2.31. The summed E-state index contributed by atoms with van der Waals surface area (Å²) in [5.41, 5.74) is 1.08. The first-order valence-corrected chi connectivity index (χ1v) is 6.10. The number of hydrogen-bond donors (Lipinski definition) is 2. The number of anilines is 1. The van der Waals surface area contributed by atoms with Crippen molar-refractivity contribution in [1.29, 1.82) is 5.26 Å². The first-order chi connectivity index (χ1) is 9.02. The number of aromatic nitrogens is 1. The van der Waals surface area contributed by atoms with Gasteiger partial charge in [0, 0.05) is 18.9 Å². The molecule has 0 unspecified atom stereocenters. The normalized spacial score (nSPS) is 11.0. The Hall–Kier alpha value is -2.35. The molecule has 0 bridgehead atoms. The van der Waals surface area contributed by atoms with E-state index in [1.807, 2.05) is 32.9 Å². The first kappa shape index (κ1) is 14.7. The Morgan fingerprint density at radius 1 is 1.53 bits per heavy atom. The maximum absolute atomic E-state index is 11.7.